The zero-order chi connectivity index (χ0) is 13.1. The molecule has 0 radical (unpaired) electrons. The quantitative estimate of drug-likeness (QED) is 0.914. The second-order valence-corrected chi connectivity index (χ2v) is 5.29. The maximum absolute atomic E-state index is 4.34. The van der Waals surface area contributed by atoms with E-state index in [0.29, 0.717) is 5.92 Å². The molecule has 3 rings (SSSR count). The Morgan fingerprint density at radius 2 is 2.26 bits per heavy atom. The van der Waals surface area contributed by atoms with Crippen molar-refractivity contribution < 1.29 is 0 Å². The maximum atomic E-state index is 4.34. The number of hydrogen-bond donors (Lipinski definition) is 1. The van der Waals surface area contributed by atoms with Gasteiger partial charge in [-0.3, -0.25) is 0 Å². The average Bonchev–Trinajstić information content (AvgIpc) is 2.91. The molecule has 0 aliphatic carbocycles. The molecule has 1 aromatic heterocycles. The third kappa shape index (κ3) is 2.68. The highest BCUT2D eigenvalue weighted by atomic mass is 15.3. The van der Waals surface area contributed by atoms with E-state index in [4.69, 9.17) is 0 Å². The van der Waals surface area contributed by atoms with E-state index in [0.717, 1.165) is 25.5 Å². The van der Waals surface area contributed by atoms with E-state index in [-0.39, 0.29) is 0 Å². The minimum Gasteiger partial charge on any atom is -0.316 e. The Morgan fingerprint density at radius 3 is 3.05 bits per heavy atom. The Hall–Kier alpha value is -1.68. The molecule has 4 heteroatoms. The van der Waals surface area contributed by atoms with Gasteiger partial charge >= 0.3 is 0 Å². The molecule has 100 valence electrons. The van der Waals surface area contributed by atoms with E-state index in [9.17, 15) is 0 Å². The van der Waals surface area contributed by atoms with Crippen LogP contribution in [-0.4, -0.2) is 27.9 Å². The van der Waals surface area contributed by atoms with Gasteiger partial charge in [0.25, 0.3) is 0 Å². The standard InChI is InChI=1S/C15H20N4/c1-12-5-2-3-6-14(12)10-19-11-17-18-15(19)13-7-4-8-16-9-13/h2-3,5-6,11,13,16H,4,7-10H2,1H3. The van der Waals surface area contributed by atoms with Crippen molar-refractivity contribution in [3.8, 4) is 0 Å². The first kappa shape index (κ1) is 12.4. The van der Waals surface area contributed by atoms with Crippen LogP contribution in [0.25, 0.3) is 0 Å². The van der Waals surface area contributed by atoms with Crippen molar-refractivity contribution in [3.05, 3.63) is 47.5 Å². The monoisotopic (exact) mass is 256 g/mol. The first-order chi connectivity index (χ1) is 9.34. The number of benzene rings is 1. The van der Waals surface area contributed by atoms with Crippen LogP contribution in [0.2, 0.25) is 0 Å². The molecule has 1 atom stereocenters. The van der Waals surface area contributed by atoms with E-state index in [1.807, 2.05) is 6.33 Å². The van der Waals surface area contributed by atoms with Crippen molar-refractivity contribution in [2.75, 3.05) is 13.1 Å². The highest BCUT2D eigenvalue weighted by Crippen LogP contribution is 2.22. The second kappa shape index (κ2) is 5.53. The van der Waals surface area contributed by atoms with Crippen molar-refractivity contribution in [1.82, 2.24) is 20.1 Å². The summed E-state index contributed by atoms with van der Waals surface area (Å²) < 4.78 is 2.19. The van der Waals surface area contributed by atoms with Crippen LogP contribution < -0.4 is 5.32 Å². The average molecular weight is 256 g/mol. The lowest BCUT2D eigenvalue weighted by Crippen LogP contribution is -2.30. The molecule has 1 saturated heterocycles. The first-order valence-corrected chi connectivity index (χ1v) is 6.97. The van der Waals surface area contributed by atoms with Crippen molar-refractivity contribution in [1.29, 1.82) is 0 Å². The number of nitrogens with zero attached hydrogens (tertiary/aromatic N) is 3. The minimum atomic E-state index is 0.500. The minimum absolute atomic E-state index is 0.500. The molecule has 4 nitrogen and oxygen atoms in total. The third-order valence-electron chi connectivity index (χ3n) is 3.91. The predicted molar refractivity (Wildman–Crippen MR) is 75.1 cm³/mol. The highest BCUT2D eigenvalue weighted by Gasteiger charge is 2.20. The molecule has 0 saturated carbocycles. The van der Waals surface area contributed by atoms with Gasteiger partial charge in [-0.1, -0.05) is 24.3 Å². The molecule has 1 N–H and O–H groups in total. The van der Waals surface area contributed by atoms with E-state index < -0.39 is 0 Å². The first-order valence-electron chi connectivity index (χ1n) is 6.97. The van der Waals surface area contributed by atoms with Crippen LogP contribution in [0.1, 0.15) is 35.7 Å². The van der Waals surface area contributed by atoms with Crippen LogP contribution in [0.15, 0.2) is 30.6 Å². The highest BCUT2D eigenvalue weighted by molar-refractivity contribution is 5.26. The van der Waals surface area contributed by atoms with Gasteiger partial charge in [0.2, 0.25) is 0 Å². The molecule has 1 fully saturated rings. The summed E-state index contributed by atoms with van der Waals surface area (Å²) >= 11 is 0. The zero-order valence-electron chi connectivity index (χ0n) is 11.3. The molecule has 1 unspecified atom stereocenters. The molecule has 1 aliphatic rings. The zero-order valence-corrected chi connectivity index (χ0v) is 11.3. The predicted octanol–water partition coefficient (Wildman–Crippen LogP) is 2.10. The summed E-state index contributed by atoms with van der Waals surface area (Å²) in [6.45, 7) is 5.17. The van der Waals surface area contributed by atoms with E-state index in [1.54, 1.807) is 0 Å². The van der Waals surface area contributed by atoms with Crippen LogP contribution in [-0.2, 0) is 6.54 Å². The molecule has 1 aromatic carbocycles. The molecule has 19 heavy (non-hydrogen) atoms. The molecule has 2 aromatic rings. The number of nitrogens with one attached hydrogen (secondary N) is 1. The fraction of sp³-hybridized carbons (Fsp3) is 0.467. The lowest BCUT2D eigenvalue weighted by molar-refractivity contribution is 0.435. The fourth-order valence-corrected chi connectivity index (χ4v) is 2.75. The van der Waals surface area contributed by atoms with Crippen LogP contribution in [0.5, 0.6) is 0 Å². The largest absolute Gasteiger partial charge is 0.316 e. The summed E-state index contributed by atoms with van der Waals surface area (Å²) in [4.78, 5) is 0. The van der Waals surface area contributed by atoms with Gasteiger partial charge in [0.1, 0.15) is 12.2 Å². The molecular formula is C15H20N4. The summed E-state index contributed by atoms with van der Waals surface area (Å²) in [5, 5.41) is 11.9. The van der Waals surface area contributed by atoms with Crippen molar-refractivity contribution >= 4 is 0 Å². The van der Waals surface area contributed by atoms with E-state index in [1.165, 1.54) is 24.0 Å². The van der Waals surface area contributed by atoms with Gasteiger partial charge in [0.15, 0.2) is 0 Å². The summed E-state index contributed by atoms with van der Waals surface area (Å²) in [6.07, 6.45) is 4.29. The maximum Gasteiger partial charge on any atom is 0.137 e. The van der Waals surface area contributed by atoms with Gasteiger partial charge in [-0.2, -0.15) is 0 Å². The molecule has 0 bridgehead atoms. The van der Waals surface area contributed by atoms with Gasteiger partial charge in [-0.05, 0) is 37.4 Å². The van der Waals surface area contributed by atoms with Gasteiger partial charge in [0, 0.05) is 12.5 Å². The summed E-state index contributed by atoms with van der Waals surface area (Å²) in [7, 11) is 0. The number of aromatic nitrogens is 3. The topological polar surface area (TPSA) is 42.7 Å². The van der Waals surface area contributed by atoms with Gasteiger partial charge in [-0.25, -0.2) is 0 Å². The third-order valence-corrected chi connectivity index (χ3v) is 3.91. The summed E-state index contributed by atoms with van der Waals surface area (Å²) in [5.74, 6) is 1.62. The fourth-order valence-electron chi connectivity index (χ4n) is 2.75. The molecule has 0 spiro atoms. The van der Waals surface area contributed by atoms with Crippen molar-refractivity contribution in [3.63, 3.8) is 0 Å². The summed E-state index contributed by atoms with van der Waals surface area (Å²) in [5.41, 5.74) is 2.66. The van der Waals surface area contributed by atoms with Gasteiger partial charge in [-0.15, -0.1) is 10.2 Å². The summed E-state index contributed by atoms with van der Waals surface area (Å²) in [6, 6.07) is 8.51. The Balaban J connectivity index is 1.82. The van der Waals surface area contributed by atoms with E-state index >= 15 is 0 Å². The van der Waals surface area contributed by atoms with Crippen molar-refractivity contribution in [2.24, 2.45) is 0 Å². The number of hydrogen-bond acceptors (Lipinski definition) is 3. The van der Waals surface area contributed by atoms with E-state index in [2.05, 4.69) is 51.3 Å². The Morgan fingerprint density at radius 1 is 1.37 bits per heavy atom. The lowest BCUT2D eigenvalue weighted by atomic mass is 9.98. The van der Waals surface area contributed by atoms with Crippen LogP contribution >= 0.6 is 0 Å². The lowest BCUT2D eigenvalue weighted by Gasteiger charge is -2.22. The number of rotatable bonds is 3. The van der Waals surface area contributed by atoms with Crippen molar-refractivity contribution in [2.45, 2.75) is 32.2 Å². The number of aryl methyl sites for hydroxylation is 1. The Bertz CT molecular complexity index is 541. The van der Waals surface area contributed by atoms with Crippen LogP contribution in [0.3, 0.4) is 0 Å². The molecule has 0 amide bonds. The van der Waals surface area contributed by atoms with Crippen LogP contribution in [0, 0.1) is 6.92 Å². The van der Waals surface area contributed by atoms with Crippen LogP contribution in [0.4, 0.5) is 0 Å². The smallest absolute Gasteiger partial charge is 0.137 e. The van der Waals surface area contributed by atoms with Gasteiger partial charge < -0.3 is 9.88 Å². The Labute approximate surface area is 113 Å². The van der Waals surface area contributed by atoms with Gasteiger partial charge in [0.05, 0.1) is 6.54 Å². The Kier molecular flexibility index (Phi) is 3.60. The second-order valence-electron chi connectivity index (χ2n) is 5.29. The molecule has 2 heterocycles. The molecule has 1 aliphatic heterocycles. The molecular weight excluding hydrogens is 236 g/mol. The SMILES string of the molecule is Cc1ccccc1Cn1cnnc1C1CCCNC1. The normalized spacial score (nSPS) is 19.5. The number of piperidine rings is 1.